The van der Waals surface area contributed by atoms with Crippen LogP contribution in [0, 0.1) is 6.92 Å². The molecule has 0 fully saturated rings. The molecule has 0 atom stereocenters. The molecule has 0 saturated heterocycles. The topological polar surface area (TPSA) is 66.0 Å². The van der Waals surface area contributed by atoms with Crippen LogP contribution in [0.4, 0.5) is 0 Å². The molecule has 124 valence electrons. The molecule has 2 aromatic carbocycles. The second-order valence-electron chi connectivity index (χ2n) is 5.15. The van der Waals surface area contributed by atoms with Crippen LogP contribution in [-0.2, 0) is 0 Å². The second-order valence-corrected chi connectivity index (χ2v) is 7.13. The summed E-state index contributed by atoms with van der Waals surface area (Å²) in [6, 6.07) is 15.8. The molecule has 0 amide bonds. The van der Waals surface area contributed by atoms with Crippen LogP contribution in [0.1, 0.15) is 5.56 Å². The van der Waals surface area contributed by atoms with Gasteiger partial charge in [-0.2, -0.15) is 0 Å². The van der Waals surface area contributed by atoms with E-state index >= 15 is 0 Å². The quantitative estimate of drug-likeness (QED) is 0.383. The van der Waals surface area contributed by atoms with Gasteiger partial charge in [0.05, 0.1) is 6.61 Å². The molecule has 0 bridgehead atoms. The molecule has 1 heterocycles. The molecule has 3 rings (SSSR count). The Balaban J connectivity index is 1.60. The molecule has 5 nitrogen and oxygen atoms in total. The van der Waals surface area contributed by atoms with Gasteiger partial charge in [-0.1, -0.05) is 58.0 Å². The Labute approximate surface area is 153 Å². The van der Waals surface area contributed by atoms with Crippen molar-refractivity contribution < 1.29 is 4.74 Å². The lowest BCUT2D eigenvalue weighted by Crippen LogP contribution is -2.12. The van der Waals surface area contributed by atoms with Gasteiger partial charge in [0.25, 0.3) is 0 Å². The van der Waals surface area contributed by atoms with E-state index < -0.39 is 0 Å². The van der Waals surface area contributed by atoms with Gasteiger partial charge < -0.3 is 10.6 Å². The van der Waals surface area contributed by atoms with Gasteiger partial charge in [0.1, 0.15) is 5.75 Å². The fourth-order valence-electron chi connectivity index (χ4n) is 2.20. The summed E-state index contributed by atoms with van der Waals surface area (Å²) < 4.78 is 8.27. The van der Waals surface area contributed by atoms with Crippen LogP contribution in [0.5, 0.6) is 5.75 Å². The number of benzene rings is 2. The largest absolute Gasteiger partial charge is 0.492 e. The Morgan fingerprint density at radius 3 is 2.79 bits per heavy atom. The average Bonchev–Trinajstić information content (AvgIpc) is 2.94. The summed E-state index contributed by atoms with van der Waals surface area (Å²) in [7, 11) is 0. The first-order chi connectivity index (χ1) is 11.6. The van der Waals surface area contributed by atoms with E-state index in [1.807, 2.05) is 55.5 Å². The van der Waals surface area contributed by atoms with Crippen LogP contribution in [0.3, 0.4) is 0 Å². The summed E-state index contributed by atoms with van der Waals surface area (Å²) in [5, 5.41) is 9.01. The summed E-state index contributed by atoms with van der Waals surface area (Å²) in [4.78, 5) is 0. The predicted molar refractivity (Wildman–Crippen MR) is 101 cm³/mol. The maximum absolute atomic E-state index is 6.12. The van der Waals surface area contributed by atoms with Gasteiger partial charge in [-0.3, -0.25) is 0 Å². The molecule has 0 radical (unpaired) electrons. The third-order valence-electron chi connectivity index (χ3n) is 3.41. The molecule has 1 aromatic heterocycles. The number of para-hydroxylation sites is 1. The Morgan fingerprint density at radius 1 is 1.17 bits per heavy atom. The summed E-state index contributed by atoms with van der Waals surface area (Å²) in [5.74, 6) is 8.40. The molecule has 0 unspecified atom stereocenters. The minimum Gasteiger partial charge on any atom is -0.492 e. The summed E-state index contributed by atoms with van der Waals surface area (Å²) in [5.41, 5.74) is 2.05. The van der Waals surface area contributed by atoms with Crippen molar-refractivity contribution in [2.45, 2.75) is 12.1 Å². The monoisotopic (exact) mass is 404 g/mol. The van der Waals surface area contributed by atoms with Crippen LogP contribution in [0.15, 0.2) is 58.2 Å². The number of hydrogen-bond donors (Lipinski definition) is 1. The highest BCUT2D eigenvalue weighted by molar-refractivity contribution is 9.10. The van der Waals surface area contributed by atoms with Gasteiger partial charge in [-0.15, -0.1) is 10.2 Å². The maximum Gasteiger partial charge on any atom is 0.210 e. The van der Waals surface area contributed by atoms with E-state index in [-0.39, 0.29) is 0 Å². The Hall–Kier alpha value is -1.99. The number of hydrogen-bond acceptors (Lipinski definition) is 5. The summed E-state index contributed by atoms with van der Waals surface area (Å²) in [6.07, 6.45) is 0. The Kier molecular flexibility index (Phi) is 5.42. The molecule has 3 aromatic rings. The zero-order valence-corrected chi connectivity index (χ0v) is 15.5. The number of ether oxygens (including phenoxy) is 1. The standard InChI is InChI=1S/C17H17BrN4OS/c1-12-5-2-3-8-15(12)23-9-10-24-17-21-20-16(22(17)19)13-6-4-7-14(18)11-13/h2-8,11H,9-10,19H2,1H3. The van der Waals surface area contributed by atoms with Gasteiger partial charge >= 0.3 is 0 Å². The number of rotatable bonds is 6. The van der Waals surface area contributed by atoms with Crippen molar-refractivity contribution in [3.05, 3.63) is 58.6 Å². The van der Waals surface area contributed by atoms with Crippen LogP contribution >= 0.6 is 27.7 Å². The molecule has 0 spiro atoms. The second kappa shape index (κ2) is 7.72. The smallest absolute Gasteiger partial charge is 0.210 e. The number of nitrogens with two attached hydrogens (primary N) is 1. The van der Waals surface area contributed by atoms with E-state index in [1.54, 1.807) is 0 Å². The van der Waals surface area contributed by atoms with Crippen LogP contribution in [0.2, 0.25) is 0 Å². The average molecular weight is 405 g/mol. The molecule has 2 N–H and O–H groups in total. The van der Waals surface area contributed by atoms with Crippen molar-refractivity contribution in [2.75, 3.05) is 18.2 Å². The lowest BCUT2D eigenvalue weighted by Gasteiger charge is -2.08. The highest BCUT2D eigenvalue weighted by Crippen LogP contribution is 2.24. The van der Waals surface area contributed by atoms with Gasteiger partial charge in [0.2, 0.25) is 5.16 Å². The van der Waals surface area contributed by atoms with Gasteiger partial charge in [-0.25, -0.2) is 4.68 Å². The summed E-state index contributed by atoms with van der Waals surface area (Å²) >= 11 is 4.97. The highest BCUT2D eigenvalue weighted by Gasteiger charge is 2.12. The van der Waals surface area contributed by atoms with Crippen LogP contribution in [-0.4, -0.2) is 27.2 Å². The lowest BCUT2D eigenvalue weighted by atomic mass is 10.2. The first-order valence-corrected chi connectivity index (χ1v) is 9.20. The molecule has 7 heteroatoms. The first kappa shape index (κ1) is 16.9. The van der Waals surface area contributed by atoms with Crippen LogP contribution in [0.25, 0.3) is 11.4 Å². The van der Waals surface area contributed by atoms with E-state index in [0.717, 1.165) is 27.1 Å². The lowest BCUT2D eigenvalue weighted by molar-refractivity contribution is 0.341. The van der Waals surface area contributed by atoms with Crippen molar-refractivity contribution >= 4 is 27.7 Å². The van der Waals surface area contributed by atoms with E-state index in [4.69, 9.17) is 10.6 Å². The third kappa shape index (κ3) is 3.91. The van der Waals surface area contributed by atoms with Crippen molar-refractivity contribution in [1.29, 1.82) is 0 Å². The molecular formula is C17H17BrN4OS. The zero-order valence-electron chi connectivity index (χ0n) is 13.1. The highest BCUT2D eigenvalue weighted by atomic mass is 79.9. The summed E-state index contributed by atoms with van der Waals surface area (Å²) in [6.45, 7) is 2.61. The normalized spacial score (nSPS) is 10.8. The fourth-order valence-corrected chi connectivity index (χ4v) is 3.28. The molecule has 0 aliphatic carbocycles. The number of thioether (sulfide) groups is 1. The number of aromatic nitrogens is 3. The molecule has 24 heavy (non-hydrogen) atoms. The molecule has 0 saturated carbocycles. The van der Waals surface area contributed by atoms with E-state index in [0.29, 0.717) is 17.6 Å². The predicted octanol–water partition coefficient (Wildman–Crippen LogP) is 3.90. The SMILES string of the molecule is Cc1ccccc1OCCSc1nnc(-c2cccc(Br)c2)n1N. The van der Waals surface area contributed by atoms with Gasteiger partial charge in [0.15, 0.2) is 5.82 Å². The van der Waals surface area contributed by atoms with E-state index in [9.17, 15) is 0 Å². The third-order valence-corrected chi connectivity index (χ3v) is 4.81. The number of halogens is 1. The van der Waals surface area contributed by atoms with Crippen LogP contribution < -0.4 is 10.6 Å². The first-order valence-electron chi connectivity index (χ1n) is 7.43. The van der Waals surface area contributed by atoms with Crippen molar-refractivity contribution in [3.63, 3.8) is 0 Å². The molecular weight excluding hydrogens is 388 g/mol. The minimum absolute atomic E-state index is 0.578. The maximum atomic E-state index is 6.12. The molecule has 0 aliphatic rings. The van der Waals surface area contributed by atoms with Gasteiger partial charge in [-0.05, 0) is 30.7 Å². The molecule has 0 aliphatic heterocycles. The van der Waals surface area contributed by atoms with E-state index in [1.165, 1.54) is 16.4 Å². The number of aryl methyl sites for hydroxylation is 1. The van der Waals surface area contributed by atoms with E-state index in [2.05, 4.69) is 26.1 Å². The van der Waals surface area contributed by atoms with Crippen molar-refractivity contribution in [1.82, 2.24) is 14.9 Å². The number of nitrogen functional groups attached to an aromatic ring is 1. The zero-order chi connectivity index (χ0) is 16.9. The van der Waals surface area contributed by atoms with Gasteiger partial charge in [0, 0.05) is 15.8 Å². The number of nitrogens with zero attached hydrogens (tertiary/aromatic N) is 3. The minimum atomic E-state index is 0.578. The van der Waals surface area contributed by atoms with Crippen molar-refractivity contribution in [2.24, 2.45) is 0 Å². The van der Waals surface area contributed by atoms with Crippen molar-refractivity contribution in [3.8, 4) is 17.1 Å². The Morgan fingerprint density at radius 2 is 2.00 bits per heavy atom. The Bertz CT molecular complexity index is 837. The fraction of sp³-hybridized carbons (Fsp3) is 0.176.